The lowest BCUT2D eigenvalue weighted by atomic mass is 9.79. The second-order valence-corrected chi connectivity index (χ2v) is 9.30. The second-order valence-electron chi connectivity index (χ2n) is 9.30. The van der Waals surface area contributed by atoms with Crippen LogP contribution in [0.2, 0.25) is 0 Å². The average molecular weight is 462 g/mol. The summed E-state index contributed by atoms with van der Waals surface area (Å²) in [6.45, 7) is 0.828. The maximum Gasteiger partial charge on any atom is 0.573 e. The fourth-order valence-corrected chi connectivity index (χ4v) is 5.07. The highest BCUT2D eigenvalue weighted by molar-refractivity contribution is 5.29. The Morgan fingerprint density at radius 3 is 2.21 bits per heavy atom. The van der Waals surface area contributed by atoms with Crippen molar-refractivity contribution in [2.75, 3.05) is 6.61 Å². The number of nitrogens with zero attached hydrogens (tertiary/aromatic N) is 1. The van der Waals surface area contributed by atoms with Crippen LogP contribution >= 0.6 is 0 Å². The van der Waals surface area contributed by atoms with Crippen LogP contribution < -0.4 is 4.74 Å². The van der Waals surface area contributed by atoms with Crippen LogP contribution in [0.5, 0.6) is 5.75 Å². The summed E-state index contributed by atoms with van der Waals surface area (Å²) in [7, 11) is 0. The van der Waals surface area contributed by atoms with Gasteiger partial charge in [0.2, 0.25) is 0 Å². The summed E-state index contributed by atoms with van der Waals surface area (Å²) in [5.41, 5.74) is 1.10. The Kier molecular flexibility index (Phi) is 9.87. The van der Waals surface area contributed by atoms with Crippen molar-refractivity contribution in [2.24, 2.45) is 11.8 Å². The van der Waals surface area contributed by atoms with E-state index in [1.54, 1.807) is 18.2 Å². The lowest BCUT2D eigenvalue weighted by Gasteiger charge is -2.32. The second kappa shape index (κ2) is 12.8. The van der Waals surface area contributed by atoms with Crippen molar-refractivity contribution in [1.29, 1.82) is 5.26 Å². The third-order valence-electron chi connectivity index (χ3n) is 6.95. The minimum Gasteiger partial charge on any atom is -0.406 e. The Balaban J connectivity index is 1.29. The molecule has 1 aromatic carbocycles. The molecule has 0 bridgehead atoms. The first-order valence-corrected chi connectivity index (χ1v) is 12.1. The molecule has 1 aromatic rings. The van der Waals surface area contributed by atoms with Crippen LogP contribution in [0.25, 0.3) is 0 Å². The third-order valence-corrected chi connectivity index (χ3v) is 6.95. The van der Waals surface area contributed by atoms with Gasteiger partial charge in [0.1, 0.15) is 5.75 Å². The number of ether oxygens (including phenoxy) is 2. The average Bonchev–Trinajstić information content (AvgIpc) is 2.81. The molecule has 0 unspecified atom stereocenters. The molecule has 0 radical (unpaired) electrons. The van der Waals surface area contributed by atoms with Gasteiger partial charge < -0.3 is 9.47 Å². The standard InChI is InChI=1S/C27H34F3NO2/c28-27(29,30)33-26-17-13-24(14-18-26)23-11-7-22(8-12-23)20-32-25-15-9-21(10-16-25)6-4-2-1-3-5-19-31/h1-3,5,13-14,17-18,21-23,25H,4,6-12,15-16,20H2. The van der Waals surface area contributed by atoms with E-state index in [4.69, 9.17) is 10.00 Å². The normalized spacial score (nSPS) is 26.5. The number of alkyl halides is 3. The van der Waals surface area contributed by atoms with Crippen LogP contribution in [-0.4, -0.2) is 19.1 Å². The fraction of sp³-hybridized carbons (Fsp3) is 0.593. The Labute approximate surface area is 195 Å². The predicted molar refractivity (Wildman–Crippen MR) is 123 cm³/mol. The van der Waals surface area contributed by atoms with Gasteiger partial charge in [0.15, 0.2) is 0 Å². The molecule has 0 spiro atoms. The van der Waals surface area contributed by atoms with Gasteiger partial charge in [0.05, 0.1) is 12.2 Å². The summed E-state index contributed by atoms with van der Waals surface area (Å²) in [5.74, 6) is 1.60. The van der Waals surface area contributed by atoms with E-state index >= 15 is 0 Å². The molecule has 2 aliphatic rings. The lowest BCUT2D eigenvalue weighted by Crippen LogP contribution is -2.25. The van der Waals surface area contributed by atoms with E-state index in [9.17, 15) is 13.2 Å². The van der Waals surface area contributed by atoms with Gasteiger partial charge in [0.25, 0.3) is 0 Å². The van der Waals surface area contributed by atoms with Crippen molar-refractivity contribution in [1.82, 2.24) is 0 Å². The molecule has 0 N–H and O–H groups in total. The third kappa shape index (κ3) is 9.25. The number of allylic oxidation sites excluding steroid dienone is 4. The minimum absolute atomic E-state index is 0.160. The zero-order valence-electron chi connectivity index (χ0n) is 19.1. The molecule has 33 heavy (non-hydrogen) atoms. The van der Waals surface area contributed by atoms with Crippen molar-refractivity contribution in [3.63, 3.8) is 0 Å². The first kappa shape index (κ1) is 25.4. The number of hydrogen-bond acceptors (Lipinski definition) is 3. The Morgan fingerprint density at radius 2 is 1.58 bits per heavy atom. The van der Waals surface area contributed by atoms with E-state index in [0.717, 1.165) is 63.0 Å². The van der Waals surface area contributed by atoms with Crippen LogP contribution in [0, 0.1) is 23.2 Å². The zero-order chi connectivity index (χ0) is 23.5. The van der Waals surface area contributed by atoms with Gasteiger partial charge in [-0.2, -0.15) is 5.26 Å². The number of rotatable bonds is 9. The van der Waals surface area contributed by atoms with E-state index in [1.165, 1.54) is 37.5 Å². The fourth-order valence-electron chi connectivity index (χ4n) is 5.07. The largest absolute Gasteiger partial charge is 0.573 e. The number of benzene rings is 1. The molecular weight excluding hydrogens is 427 g/mol. The Hall–Kier alpha value is -2.26. The Bertz CT molecular complexity index is 794. The molecule has 180 valence electrons. The van der Waals surface area contributed by atoms with Crippen LogP contribution in [0.3, 0.4) is 0 Å². The first-order chi connectivity index (χ1) is 15.9. The van der Waals surface area contributed by atoms with Crippen LogP contribution in [-0.2, 0) is 4.74 Å². The molecule has 3 rings (SSSR count). The molecule has 0 aliphatic heterocycles. The van der Waals surface area contributed by atoms with Crippen molar-refractivity contribution >= 4 is 0 Å². The summed E-state index contributed by atoms with van der Waals surface area (Å²) in [6, 6.07) is 8.34. The van der Waals surface area contributed by atoms with Crippen LogP contribution in [0.1, 0.15) is 75.7 Å². The Morgan fingerprint density at radius 1 is 0.909 bits per heavy atom. The first-order valence-electron chi connectivity index (χ1n) is 12.1. The molecule has 2 fully saturated rings. The van der Waals surface area contributed by atoms with Gasteiger partial charge in [-0.15, -0.1) is 13.2 Å². The summed E-state index contributed by atoms with van der Waals surface area (Å²) >= 11 is 0. The van der Waals surface area contributed by atoms with Gasteiger partial charge in [-0.05, 0) is 99.7 Å². The van der Waals surface area contributed by atoms with Crippen LogP contribution in [0.15, 0.2) is 48.6 Å². The van der Waals surface area contributed by atoms with E-state index in [1.807, 2.05) is 12.1 Å². The minimum atomic E-state index is -4.65. The molecule has 0 heterocycles. The molecule has 2 aliphatic carbocycles. The molecule has 2 saturated carbocycles. The van der Waals surface area contributed by atoms with Gasteiger partial charge in [-0.3, -0.25) is 0 Å². The van der Waals surface area contributed by atoms with Crippen molar-refractivity contribution in [3.8, 4) is 11.8 Å². The summed E-state index contributed by atoms with van der Waals surface area (Å²) in [6.07, 6.45) is 14.4. The molecule has 0 amide bonds. The SMILES string of the molecule is N#CC=CC=CCCC1CCC(OCC2CCC(c3ccc(OC(F)(F)F)cc3)CC2)CC1. The zero-order valence-corrected chi connectivity index (χ0v) is 19.1. The topological polar surface area (TPSA) is 42.2 Å². The quantitative estimate of drug-likeness (QED) is 0.278. The van der Waals surface area contributed by atoms with Gasteiger partial charge in [-0.25, -0.2) is 0 Å². The number of halogens is 3. The van der Waals surface area contributed by atoms with Gasteiger partial charge in [-0.1, -0.05) is 30.4 Å². The number of hydrogen-bond donors (Lipinski definition) is 0. The molecule has 3 nitrogen and oxygen atoms in total. The monoisotopic (exact) mass is 461 g/mol. The van der Waals surface area contributed by atoms with E-state index < -0.39 is 6.36 Å². The molecule has 6 heteroatoms. The molecule has 0 atom stereocenters. The molecule has 0 aromatic heterocycles. The maximum absolute atomic E-state index is 12.3. The van der Waals surface area contributed by atoms with Crippen molar-refractivity contribution < 1.29 is 22.6 Å². The van der Waals surface area contributed by atoms with Gasteiger partial charge >= 0.3 is 6.36 Å². The summed E-state index contributed by atoms with van der Waals surface area (Å²) in [4.78, 5) is 0. The predicted octanol–water partition coefficient (Wildman–Crippen LogP) is 7.85. The highest BCUT2D eigenvalue weighted by Gasteiger charge is 2.31. The van der Waals surface area contributed by atoms with Crippen molar-refractivity contribution in [3.05, 3.63) is 54.1 Å². The molecular formula is C27H34F3NO2. The maximum atomic E-state index is 12.3. The summed E-state index contributed by atoms with van der Waals surface area (Å²) in [5, 5.41) is 8.46. The smallest absolute Gasteiger partial charge is 0.406 e. The van der Waals surface area contributed by atoms with Gasteiger partial charge in [0, 0.05) is 12.7 Å². The number of nitriles is 1. The highest BCUT2D eigenvalue weighted by atomic mass is 19.4. The van der Waals surface area contributed by atoms with Crippen LogP contribution in [0.4, 0.5) is 13.2 Å². The van der Waals surface area contributed by atoms with Crippen molar-refractivity contribution in [2.45, 2.75) is 82.6 Å². The van der Waals surface area contributed by atoms with E-state index in [2.05, 4.69) is 10.8 Å². The highest BCUT2D eigenvalue weighted by Crippen LogP contribution is 2.37. The lowest BCUT2D eigenvalue weighted by molar-refractivity contribution is -0.274. The van der Waals surface area contributed by atoms with E-state index in [-0.39, 0.29) is 5.75 Å². The summed E-state index contributed by atoms with van der Waals surface area (Å²) < 4.78 is 47.2. The molecule has 0 saturated heterocycles. The van der Waals surface area contributed by atoms with E-state index in [0.29, 0.717) is 17.9 Å².